The van der Waals surface area contributed by atoms with Gasteiger partial charge in [-0.2, -0.15) is 0 Å². The van der Waals surface area contributed by atoms with Crippen LogP contribution in [0.5, 0.6) is 0 Å². The predicted molar refractivity (Wildman–Crippen MR) is 171 cm³/mol. The van der Waals surface area contributed by atoms with Crippen LogP contribution in [0.3, 0.4) is 0 Å². The van der Waals surface area contributed by atoms with Crippen LogP contribution in [0.1, 0.15) is 75.2 Å². The summed E-state index contributed by atoms with van der Waals surface area (Å²) in [7, 11) is 8.50. The molecule has 1 aliphatic rings. The lowest BCUT2D eigenvalue weighted by Crippen LogP contribution is -2.48. The summed E-state index contributed by atoms with van der Waals surface area (Å²) in [5.74, 6) is -0.0478. The highest BCUT2D eigenvalue weighted by atomic mass is 16.6. The van der Waals surface area contributed by atoms with E-state index >= 15 is 0 Å². The van der Waals surface area contributed by atoms with Crippen molar-refractivity contribution in [3.05, 3.63) is 23.3 Å². The van der Waals surface area contributed by atoms with Gasteiger partial charge in [0.25, 0.3) is 0 Å². The van der Waals surface area contributed by atoms with Crippen molar-refractivity contribution >= 4 is 12.3 Å². The second-order valence-electron chi connectivity index (χ2n) is 13.1. The van der Waals surface area contributed by atoms with Crippen molar-refractivity contribution < 1.29 is 38.0 Å². The number of esters is 1. The van der Waals surface area contributed by atoms with Gasteiger partial charge in [-0.3, -0.25) is 4.79 Å². The van der Waals surface area contributed by atoms with E-state index in [1.54, 1.807) is 35.5 Å². The van der Waals surface area contributed by atoms with E-state index in [1.165, 1.54) is 5.57 Å². The molecular weight excluding hydrogens is 548 g/mol. The third-order valence-electron chi connectivity index (χ3n) is 9.65. The topological polar surface area (TPSA) is 89.5 Å². The number of carbonyl (C=O) groups excluding carboxylic acids is 2. The van der Waals surface area contributed by atoms with Crippen molar-refractivity contribution in [1.29, 1.82) is 0 Å². The lowest BCUT2D eigenvalue weighted by atomic mass is 9.81. The molecule has 1 fully saturated rings. The number of hydrogen-bond donors (Lipinski definition) is 0. The Labute approximate surface area is 262 Å². The molecule has 8 nitrogen and oxygen atoms in total. The maximum atomic E-state index is 12.5. The Hall–Kier alpha value is -1.58. The average Bonchev–Trinajstić information content (AvgIpc) is 2.95. The summed E-state index contributed by atoms with van der Waals surface area (Å²) in [4.78, 5) is 23.9. The summed E-state index contributed by atoms with van der Waals surface area (Å²) in [5, 5.41) is 0. The van der Waals surface area contributed by atoms with Crippen LogP contribution in [-0.2, 0) is 38.0 Å². The van der Waals surface area contributed by atoms with Crippen LogP contribution in [-0.4, -0.2) is 84.4 Å². The highest BCUT2D eigenvalue weighted by Crippen LogP contribution is 2.33. The lowest BCUT2D eigenvalue weighted by Gasteiger charge is -2.39. The number of methoxy groups -OCH3 is 5. The molecule has 0 aromatic heterocycles. The first kappa shape index (κ1) is 39.4. The standard InChI is InChI=1S/C35H62O8/c1-20(16-23(4)32(40-12)27(8)33(41-13)25(6)19-36)15-22(3)31(39-11)24(5)17-21(2)29(38-10)18-30-26(7)34(42-14)28(9)35(37)43-30/h15,17,19,22-34H,16,18H2,1-14H3/b20-15-,21-17-/t22-,23-,24-,25-,26-,27-,28+,29?,30?,31?,32?,33?,34?/m0/s1. The fourth-order valence-electron chi connectivity index (χ4n) is 7.42. The molecule has 43 heavy (non-hydrogen) atoms. The van der Waals surface area contributed by atoms with Crippen molar-refractivity contribution in [2.24, 2.45) is 41.4 Å². The molecule has 1 heterocycles. The van der Waals surface area contributed by atoms with Crippen LogP contribution in [0.25, 0.3) is 0 Å². The van der Waals surface area contributed by atoms with Gasteiger partial charge in [0.15, 0.2) is 0 Å². The molecule has 0 N–H and O–H groups in total. The summed E-state index contributed by atoms with van der Waals surface area (Å²) < 4.78 is 34.9. The van der Waals surface area contributed by atoms with Crippen molar-refractivity contribution in [2.75, 3.05) is 35.5 Å². The number of allylic oxidation sites excluding steroid dienone is 1. The number of cyclic esters (lactones) is 1. The molecule has 6 unspecified atom stereocenters. The zero-order chi connectivity index (χ0) is 33.0. The van der Waals surface area contributed by atoms with Crippen molar-refractivity contribution in [3.8, 4) is 0 Å². The van der Waals surface area contributed by atoms with Crippen molar-refractivity contribution in [3.63, 3.8) is 0 Å². The summed E-state index contributed by atoms with van der Waals surface area (Å²) in [6, 6.07) is 0. The van der Waals surface area contributed by atoms with E-state index in [2.05, 4.69) is 60.6 Å². The maximum Gasteiger partial charge on any atom is 0.311 e. The predicted octanol–water partition coefficient (Wildman–Crippen LogP) is 6.31. The zero-order valence-corrected chi connectivity index (χ0v) is 29.4. The minimum atomic E-state index is -0.283. The van der Waals surface area contributed by atoms with Gasteiger partial charge >= 0.3 is 5.97 Å². The maximum absolute atomic E-state index is 12.5. The van der Waals surface area contributed by atoms with E-state index in [0.29, 0.717) is 6.42 Å². The van der Waals surface area contributed by atoms with Crippen LogP contribution in [0.15, 0.2) is 23.3 Å². The minimum absolute atomic E-state index is 0.0358. The lowest BCUT2D eigenvalue weighted by molar-refractivity contribution is -0.182. The molecule has 0 bridgehead atoms. The van der Waals surface area contributed by atoms with Crippen LogP contribution in [0, 0.1) is 41.4 Å². The second-order valence-corrected chi connectivity index (χ2v) is 13.1. The fourth-order valence-corrected chi connectivity index (χ4v) is 7.42. The molecular formula is C35H62O8. The molecule has 0 saturated carbocycles. The summed E-state index contributed by atoms with van der Waals surface area (Å²) in [5.41, 5.74) is 2.36. The Balaban J connectivity index is 2.98. The third-order valence-corrected chi connectivity index (χ3v) is 9.65. The normalized spacial score (nSPS) is 28.2. The number of aldehydes is 1. The minimum Gasteiger partial charge on any atom is -0.462 e. The summed E-state index contributed by atoms with van der Waals surface area (Å²) in [6.45, 7) is 18.7. The van der Waals surface area contributed by atoms with Gasteiger partial charge in [0, 0.05) is 71.6 Å². The number of ether oxygens (including phenoxy) is 6. The first-order chi connectivity index (χ1) is 20.2. The molecule has 0 amide bonds. The number of carbonyl (C=O) groups is 2. The van der Waals surface area contributed by atoms with Gasteiger partial charge in [0.1, 0.15) is 12.4 Å². The van der Waals surface area contributed by atoms with Gasteiger partial charge in [-0.25, -0.2) is 0 Å². The largest absolute Gasteiger partial charge is 0.462 e. The van der Waals surface area contributed by atoms with Gasteiger partial charge < -0.3 is 33.2 Å². The van der Waals surface area contributed by atoms with Crippen LogP contribution < -0.4 is 0 Å². The molecule has 0 spiro atoms. The van der Waals surface area contributed by atoms with Crippen LogP contribution >= 0.6 is 0 Å². The van der Waals surface area contributed by atoms with Crippen molar-refractivity contribution in [2.45, 2.75) is 112 Å². The van der Waals surface area contributed by atoms with Gasteiger partial charge in [-0.1, -0.05) is 59.3 Å². The monoisotopic (exact) mass is 610 g/mol. The second kappa shape index (κ2) is 19.1. The molecule has 1 rings (SSSR count). The van der Waals surface area contributed by atoms with E-state index < -0.39 is 0 Å². The quantitative estimate of drug-likeness (QED) is 0.0955. The SMILES string of the molecule is COC(CC1OC(=O)[C@H](C)C(OC)[C@H]1C)/C(C)=C\[C@H](C)C(OC)[C@@H](C)/C=C(/C)C[C@H](C)C(OC)[C@H](C)C(OC)[C@@H](C)C=O. The zero-order valence-electron chi connectivity index (χ0n) is 29.4. The Morgan fingerprint density at radius 2 is 1.37 bits per heavy atom. The Morgan fingerprint density at radius 1 is 0.814 bits per heavy atom. The summed E-state index contributed by atoms with van der Waals surface area (Å²) in [6.07, 6.45) is 5.99. The number of hydrogen-bond acceptors (Lipinski definition) is 8. The first-order valence-electron chi connectivity index (χ1n) is 15.9. The molecule has 8 heteroatoms. The molecule has 0 aromatic carbocycles. The van der Waals surface area contributed by atoms with Gasteiger partial charge in [0.05, 0.1) is 36.4 Å². The van der Waals surface area contributed by atoms with E-state index in [4.69, 9.17) is 28.4 Å². The molecule has 13 atom stereocenters. The van der Waals surface area contributed by atoms with E-state index in [-0.39, 0.29) is 84.0 Å². The molecule has 0 aromatic rings. The van der Waals surface area contributed by atoms with E-state index in [9.17, 15) is 9.59 Å². The third kappa shape index (κ3) is 10.8. The molecule has 1 aliphatic heterocycles. The molecule has 0 aliphatic carbocycles. The first-order valence-corrected chi connectivity index (χ1v) is 15.9. The highest BCUT2D eigenvalue weighted by molar-refractivity contribution is 5.74. The van der Waals surface area contributed by atoms with Crippen LogP contribution in [0.2, 0.25) is 0 Å². The molecule has 250 valence electrons. The van der Waals surface area contributed by atoms with Gasteiger partial charge in [0.2, 0.25) is 0 Å². The van der Waals surface area contributed by atoms with Gasteiger partial charge in [-0.15, -0.1) is 0 Å². The number of rotatable bonds is 19. The van der Waals surface area contributed by atoms with E-state index in [1.807, 2.05) is 13.8 Å². The molecule has 0 radical (unpaired) electrons. The smallest absolute Gasteiger partial charge is 0.311 e. The van der Waals surface area contributed by atoms with Crippen molar-refractivity contribution in [1.82, 2.24) is 0 Å². The Bertz CT molecular complexity index is 900. The molecule has 1 saturated heterocycles. The highest BCUT2D eigenvalue weighted by Gasteiger charge is 2.42. The summed E-state index contributed by atoms with van der Waals surface area (Å²) >= 11 is 0. The Kier molecular flexibility index (Phi) is 17.5. The van der Waals surface area contributed by atoms with Crippen LogP contribution in [0.4, 0.5) is 0 Å². The van der Waals surface area contributed by atoms with E-state index in [0.717, 1.165) is 18.3 Å². The Morgan fingerprint density at radius 3 is 1.86 bits per heavy atom. The van der Waals surface area contributed by atoms with Gasteiger partial charge in [-0.05, 0) is 38.7 Å². The fraction of sp³-hybridized carbons (Fsp3) is 0.829. The average molecular weight is 611 g/mol.